The average Bonchev–Trinajstić information content (AvgIpc) is 2.79. The molecule has 0 bridgehead atoms. The molecule has 2 aromatic rings. The number of alkyl carbamates (subject to hydrolysis) is 2. The summed E-state index contributed by atoms with van der Waals surface area (Å²) in [5, 5.41) is 14.5. The number of aliphatic hydroxyl groups is 1. The van der Waals surface area contributed by atoms with Crippen LogP contribution in [0, 0.1) is 0 Å². The van der Waals surface area contributed by atoms with Gasteiger partial charge in [-0.15, -0.1) is 0 Å². The van der Waals surface area contributed by atoms with Gasteiger partial charge >= 0.3 is 12.2 Å². The summed E-state index contributed by atoms with van der Waals surface area (Å²) in [6.07, 6.45) is -0.198. The van der Waals surface area contributed by atoms with Crippen molar-refractivity contribution in [1.82, 2.24) is 10.6 Å². The molecule has 40 heavy (non-hydrogen) atoms. The summed E-state index contributed by atoms with van der Waals surface area (Å²) in [7, 11) is -3.59. The number of hydrogen-bond acceptors (Lipinski definition) is 8. The van der Waals surface area contributed by atoms with Crippen molar-refractivity contribution in [3.05, 3.63) is 71.8 Å². The van der Waals surface area contributed by atoms with E-state index in [-0.39, 0.29) is 28.1 Å². The molecular weight excluding hydrogens is 536 g/mol. The van der Waals surface area contributed by atoms with Gasteiger partial charge in [0.05, 0.1) is 31.6 Å². The smallest absolute Gasteiger partial charge is 0.408 e. The van der Waals surface area contributed by atoms with Gasteiger partial charge in [0, 0.05) is 0 Å². The van der Waals surface area contributed by atoms with Gasteiger partial charge in [0.15, 0.2) is 0 Å². The predicted octanol–water partition coefficient (Wildman–Crippen LogP) is 5.75. The predicted molar refractivity (Wildman–Crippen MR) is 158 cm³/mol. The van der Waals surface area contributed by atoms with Crippen LogP contribution in [0.5, 0.6) is 0 Å². The van der Waals surface area contributed by atoms with Gasteiger partial charge in [-0.25, -0.2) is 9.59 Å². The molecule has 11 heteroatoms. The lowest BCUT2D eigenvalue weighted by molar-refractivity contribution is 0.0474. The third-order valence-electron chi connectivity index (χ3n) is 4.42. The third-order valence-corrected chi connectivity index (χ3v) is 4.98. The lowest BCUT2D eigenvalue weighted by atomic mass is 10.1. The molecule has 0 aliphatic rings. The van der Waals surface area contributed by atoms with Gasteiger partial charge < -0.3 is 25.2 Å². The Kier molecular flexibility index (Phi) is 17.1. The van der Waals surface area contributed by atoms with Crippen LogP contribution in [-0.4, -0.2) is 56.4 Å². The topological polar surface area (TPSA) is 140 Å². The zero-order valence-electron chi connectivity index (χ0n) is 23.1. The quantitative estimate of drug-likeness (QED) is 0.334. The van der Waals surface area contributed by atoms with Crippen molar-refractivity contribution in [3.8, 4) is 0 Å². The van der Waals surface area contributed by atoms with E-state index in [1.54, 1.807) is 65.8 Å². The zero-order chi connectivity index (χ0) is 29.0. The summed E-state index contributed by atoms with van der Waals surface area (Å²) in [5.41, 5.74) is 0.400. The molecule has 0 aliphatic carbocycles. The summed E-state index contributed by atoms with van der Waals surface area (Å²) in [6, 6.07) is 17.2. The molecule has 2 aromatic carbocycles. The Morgan fingerprint density at radius 1 is 0.750 bits per heavy atom. The molecule has 2 amide bonds. The number of carbonyl (C=O) groups excluding carboxylic acids is 2. The first-order chi connectivity index (χ1) is 17.5. The average molecular weight is 585 g/mol. The van der Waals surface area contributed by atoms with Crippen LogP contribution in [0.2, 0.25) is 0 Å². The highest BCUT2D eigenvalue weighted by atomic mass is 32.2. The Balaban J connectivity index is 0. The lowest BCUT2D eigenvalue weighted by Gasteiger charge is -2.23. The van der Waals surface area contributed by atoms with Crippen molar-refractivity contribution in [3.63, 3.8) is 0 Å². The molecule has 10 nitrogen and oxygen atoms in total. The minimum absolute atomic E-state index is 0. The number of benzene rings is 2. The fraction of sp³-hybridized carbons (Fsp3) is 0.517. The van der Waals surface area contributed by atoms with Gasteiger partial charge in [-0.05, 0) is 52.7 Å². The number of nitrogens with one attached hydrogen (secondary N) is 2. The second kappa shape index (κ2) is 17.5. The van der Waals surface area contributed by atoms with Gasteiger partial charge in [0.2, 0.25) is 0 Å². The maximum absolute atomic E-state index is 11.8. The molecule has 228 valence electrons. The van der Waals surface area contributed by atoms with E-state index in [1.165, 1.54) is 0 Å². The number of amides is 2. The number of hydrogen-bond donors (Lipinski definition) is 3. The fourth-order valence-electron chi connectivity index (χ4n) is 2.92. The molecule has 0 unspecified atom stereocenters. The maximum Gasteiger partial charge on any atom is 0.408 e. The highest BCUT2D eigenvalue weighted by Gasteiger charge is 2.22. The number of ether oxygens (including phenoxy) is 2. The first-order valence-corrected chi connectivity index (χ1v) is 13.8. The molecule has 0 heterocycles. The first kappa shape index (κ1) is 39.0. The second-order valence-corrected chi connectivity index (χ2v) is 12.0. The third kappa shape index (κ3) is 18.2. The highest BCUT2D eigenvalue weighted by Crippen LogP contribution is 2.16. The van der Waals surface area contributed by atoms with Crippen molar-refractivity contribution in [2.45, 2.75) is 79.7 Å². The van der Waals surface area contributed by atoms with Crippen molar-refractivity contribution >= 4 is 22.3 Å². The van der Waals surface area contributed by atoms with Crippen molar-refractivity contribution in [2.75, 3.05) is 19.5 Å². The molecule has 0 saturated carbocycles. The Labute approximate surface area is 240 Å². The molecule has 2 atom stereocenters. The van der Waals surface area contributed by atoms with Crippen LogP contribution in [0.15, 0.2) is 60.7 Å². The van der Waals surface area contributed by atoms with Crippen LogP contribution in [0.3, 0.4) is 0 Å². The maximum atomic E-state index is 11.8. The van der Waals surface area contributed by atoms with E-state index >= 15 is 0 Å². The van der Waals surface area contributed by atoms with E-state index in [1.807, 2.05) is 36.4 Å². The molecule has 0 spiro atoms. The molecule has 0 fully saturated rings. The molecule has 3 N–H and O–H groups in total. The van der Waals surface area contributed by atoms with Crippen molar-refractivity contribution < 1.29 is 36.8 Å². The summed E-state index contributed by atoms with van der Waals surface area (Å²) < 4.78 is 37.3. The minimum atomic E-state index is -3.59. The molecular formula is C29H48N2O8S. The van der Waals surface area contributed by atoms with E-state index in [0.29, 0.717) is 0 Å². The monoisotopic (exact) mass is 584 g/mol. The fourth-order valence-corrected chi connectivity index (χ4v) is 3.30. The van der Waals surface area contributed by atoms with Crippen LogP contribution >= 0.6 is 0 Å². The normalized spacial score (nSPS) is 12.6. The van der Waals surface area contributed by atoms with E-state index in [9.17, 15) is 23.1 Å². The van der Waals surface area contributed by atoms with Gasteiger partial charge in [-0.1, -0.05) is 75.5 Å². The summed E-state index contributed by atoms with van der Waals surface area (Å²) in [6.45, 7) is 10.3. The van der Waals surface area contributed by atoms with E-state index in [0.717, 1.165) is 17.4 Å². The van der Waals surface area contributed by atoms with Crippen LogP contribution in [0.25, 0.3) is 0 Å². The SMILES string of the molecule is C.C.CC(C)(C)OC(=O)N[C@H](CO)c1ccccc1.CC(C)(C)OC(=O)N[C@H](COS(C)(=O)=O)c1ccccc1. The molecule has 0 saturated heterocycles. The van der Waals surface area contributed by atoms with Gasteiger partial charge in [-0.2, -0.15) is 8.42 Å². The van der Waals surface area contributed by atoms with Crippen LogP contribution < -0.4 is 10.6 Å². The van der Waals surface area contributed by atoms with E-state index in [4.69, 9.17) is 13.7 Å². The highest BCUT2D eigenvalue weighted by molar-refractivity contribution is 7.85. The van der Waals surface area contributed by atoms with Crippen LogP contribution in [-0.2, 0) is 23.8 Å². The summed E-state index contributed by atoms with van der Waals surface area (Å²) in [5.74, 6) is 0. The van der Waals surface area contributed by atoms with Crippen LogP contribution in [0.4, 0.5) is 9.59 Å². The Bertz CT molecular complexity index is 1100. The number of rotatable bonds is 8. The molecule has 0 radical (unpaired) electrons. The summed E-state index contributed by atoms with van der Waals surface area (Å²) >= 11 is 0. The Morgan fingerprint density at radius 3 is 1.43 bits per heavy atom. The van der Waals surface area contributed by atoms with Crippen molar-refractivity contribution in [2.24, 2.45) is 0 Å². The second-order valence-electron chi connectivity index (χ2n) is 10.4. The zero-order valence-corrected chi connectivity index (χ0v) is 23.9. The largest absolute Gasteiger partial charge is 0.444 e. The Morgan fingerprint density at radius 2 is 1.10 bits per heavy atom. The molecule has 0 aliphatic heterocycles. The number of carbonyl (C=O) groups is 2. The van der Waals surface area contributed by atoms with Crippen LogP contribution in [0.1, 0.15) is 79.6 Å². The van der Waals surface area contributed by atoms with Gasteiger partial charge in [0.25, 0.3) is 10.1 Å². The minimum Gasteiger partial charge on any atom is -0.444 e. The Hall–Kier alpha value is -3.15. The van der Waals surface area contributed by atoms with Crippen molar-refractivity contribution in [1.29, 1.82) is 0 Å². The molecule has 2 rings (SSSR count). The summed E-state index contributed by atoms with van der Waals surface area (Å²) in [4.78, 5) is 23.4. The number of aliphatic hydroxyl groups excluding tert-OH is 1. The molecule has 0 aromatic heterocycles. The van der Waals surface area contributed by atoms with E-state index in [2.05, 4.69) is 10.6 Å². The van der Waals surface area contributed by atoms with Gasteiger partial charge in [0.1, 0.15) is 11.2 Å². The van der Waals surface area contributed by atoms with Gasteiger partial charge in [-0.3, -0.25) is 4.18 Å². The standard InChI is InChI=1S/C14H21NO5S.C13H19NO3.2CH4/c1-14(2,3)20-13(16)15-12(10-19-21(4,17)18)11-8-6-5-7-9-11;1-13(2,3)17-12(16)14-11(9-15)10-7-5-4-6-8-10;;/h5-9,12H,10H2,1-4H3,(H,15,16);4-8,11,15H,9H2,1-3H3,(H,14,16);2*1H4/t12-;11-;;/m11../s1. The van der Waals surface area contributed by atoms with E-state index < -0.39 is 45.6 Å². The first-order valence-electron chi connectivity index (χ1n) is 12.0. The lowest BCUT2D eigenvalue weighted by Crippen LogP contribution is -2.37.